The van der Waals surface area contributed by atoms with Crippen molar-refractivity contribution in [2.24, 2.45) is 5.92 Å². The minimum atomic E-state index is -7.49. The second-order valence-electron chi connectivity index (χ2n) is 7.63. The normalized spacial score (nSPS) is 16.7. The molecule has 174 valence electrons. The Kier molecular flexibility index (Phi) is 6.90. The molecule has 1 aromatic carbocycles. The second kappa shape index (κ2) is 7.83. The smallest absolute Gasteiger partial charge is 0.385 e. The molecule has 0 fully saturated rings. The van der Waals surface area contributed by atoms with Crippen molar-refractivity contribution in [2.45, 2.75) is 69.1 Å². The van der Waals surface area contributed by atoms with Gasteiger partial charge in [-0.2, -0.15) is 48.3 Å². The maximum atomic E-state index is 14.1. The summed E-state index contributed by atoms with van der Waals surface area (Å²) in [5.74, 6) is -28.3. The lowest BCUT2D eigenvalue weighted by atomic mass is 9.81. The molecule has 1 N–H and O–H groups in total. The van der Waals surface area contributed by atoms with Gasteiger partial charge in [0.15, 0.2) is 0 Å². The van der Waals surface area contributed by atoms with Crippen molar-refractivity contribution in [3.63, 3.8) is 0 Å². The van der Waals surface area contributed by atoms with Crippen LogP contribution < -0.4 is 0 Å². The Morgan fingerprint density at radius 3 is 1.67 bits per heavy atom. The van der Waals surface area contributed by atoms with Crippen LogP contribution in [0.2, 0.25) is 0 Å². The van der Waals surface area contributed by atoms with Crippen LogP contribution in [0, 0.1) is 5.92 Å². The highest BCUT2D eigenvalue weighted by Gasteiger charge is 2.87. The summed E-state index contributed by atoms with van der Waals surface area (Å²) in [5.41, 5.74) is -3.15. The third-order valence-electron chi connectivity index (χ3n) is 4.40. The number of hydrogen-bond acceptors (Lipinski definition) is 1. The highest BCUT2D eigenvalue weighted by atomic mass is 19.4. The number of halogens is 11. The van der Waals surface area contributed by atoms with Crippen LogP contribution in [0.5, 0.6) is 0 Å². The van der Waals surface area contributed by atoms with Crippen LogP contribution in [0.15, 0.2) is 24.3 Å². The summed E-state index contributed by atoms with van der Waals surface area (Å²) in [6, 6.07) is 5.01. The molecule has 1 nitrogen and oxygen atoms in total. The van der Waals surface area contributed by atoms with E-state index in [4.69, 9.17) is 0 Å². The van der Waals surface area contributed by atoms with Crippen LogP contribution in [-0.2, 0) is 12.0 Å². The van der Waals surface area contributed by atoms with E-state index in [1.54, 1.807) is 13.8 Å². The molecule has 0 aliphatic rings. The van der Waals surface area contributed by atoms with Crippen LogP contribution in [0.3, 0.4) is 0 Å². The topological polar surface area (TPSA) is 20.2 Å². The molecule has 0 aliphatic heterocycles. The maximum Gasteiger partial charge on any atom is 0.460 e. The molecule has 0 aliphatic carbocycles. The Morgan fingerprint density at radius 2 is 1.23 bits per heavy atom. The first kappa shape index (κ1) is 26.4. The van der Waals surface area contributed by atoms with Crippen LogP contribution in [0.25, 0.3) is 0 Å². The number of alkyl halides is 11. The minimum Gasteiger partial charge on any atom is -0.385 e. The first-order valence-electron chi connectivity index (χ1n) is 8.50. The van der Waals surface area contributed by atoms with E-state index in [9.17, 15) is 53.4 Å². The Balaban J connectivity index is 3.41. The molecule has 1 aromatic rings. The molecule has 12 heteroatoms. The fraction of sp³-hybridized carbons (Fsp3) is 0.667. The van der Waals surface area contributed by atoms with E-state index in [1.165, 1.54) is 18.2 Å². The van der Waals surface area contributed by atoms with Gasteiger partial charge in [0.2, 0.25) is 0 Å². The standard InChI is InChI=1S/C18H19F11O/c1-10(2)8-11-6-4-5-7-12(11)13(3,30)9-14(19,20)15(21,22)16(23,24)17(25,26)18(27,28)29/h4-7,10,30H,8-9H2,1-3H3. The molecule has 0 heterocycles. The predicted octanol–water partition coefficient (Wildman–Crippen LogP) is 6.59. The van der Waals surface area contributed by atoms with Gasteiger partial charge < -0.3 is 5.11 Å². The SMILES string of the molecule is CC(C)Cc1ccccc1C(C)(O)CC(F)(F)C(F)(F)C(F)(F)C(F)(F)C(F)(F)F. The number of aliphatic hydroxyl groups is 1. The lowest BCUT2D eigenvalue weighted by Crippen LogP contribution is -2.67. The quantitative estimate of drug-likeness (QED) is 0.434. The van der Waals surface area contributed by atoms with Crippen molar-refractivity contribution >= 4 is 0 Å². The van der Waals surface area contributed by atoms with Crippen molar-refractivity contribution in [1.29, 1.82) is 0 Å². The highest BCUT2D eigenvalue weighted by molar-refractivity contribution is 5.33. The van der Waals surface area contributed by atoms with Crippen molar-refractivity contribution in [3.8, 4) is 0 Å². The summed E-state index contributed by atoms with van der Waals surface area (Å²) in [4.78, 5) is 0. The Morgan fingerprint density at radius 1 is 0.767 bits per heavy atom. The van der Waals surface area contributed by atoms with Gasteiger partial charge in [0.25, 0.3) is 0 Å². The van der Waals surface area contributed by atoms with E-state index in [-0.39, 0.29) is 23.5 Å². The highest BCUT2D eigenvalue weighted by Crippen LogP contribution is 2.59. The average Bonchev–Trinajstić information content (AvgIpc) is 2.52. The third kappa shape index (κ3) is 4.52. The zero-order valence-electron chi connectivity index (χ0n) is 15.9. The minimum absolute atomic E-state index is 0.112. The first-order chi connectivity index (χ1) is 13.1. The molecule has 0 aromatic heterocycles. The maximum absolute atomic E-state index is 14.1. The van der Waals surface area contributed by atoms with Gasteiger partial charge in [-0.25, -0.2) is 0 Å². The van der Waals surface area contributed by atoms with Gasteiger partial charge in [-0.3, -0.25) is 0 Å². The Labute approximate surface area is 164 Å². The largest absolute Gasteiger partial charge is 0.460 e. The number of rotatable bonds is 8. The zero-order valence-corrected chi connectivity index (χ0v) is 15.9. The Bertz CT molecular complexity index is 736. The van der Waals surface area contributed by atoms with Crippen molar-refractivity contribution in [3.05, 3.63) is 35.4 Å². The van der Waals surface area contributed by atoms with Gasteiger partial charge in [0.05, 0.1) is 12.0 Å². The van der Waals surface area contributed by atoms with Crippen molar-refractivity contribution < 1.29 is 53.4 Å². The molecule has 1 atom stereocenters. The summed E-state index contributed by atoms with van der Waals surface area (Å²) in [6.45, 7) is 3.93. The van der Waals surface area contributed by atoms with Gasteiger partial charge in [-0.1, -0.05) is 38.1 Å². The van der Waals surface area contributed by atoms with Gasteiger partial charge >= 0.3 is 29.9 Å². The van der Waals surface area contributed by atoms with E-state index in [1.807, 2.05) is 0 Å². The average molecular weight is 460 g/mol. The molecular formula is C18H19F11O. The van der Waals surface area contributed by atoms with Gasteiger partial charge in [-0.15, -0.1) is 0 Å². The summed E-state index contributed by atoms with van der Waals surface area (Å²) < 4.78 is 145. The molecule has 1 unspecified atom stereocenters. The van der Waals surface area contributed by atoms with E-state index >= 15 is 0 Å². The molecule has 30 heavy (non-hydrogen) atoms. The predicted molar refractivity (Wildman–Crippen MR) is 85.0 cm³/mol. The molecule has 0 saturated carbocycles. The van der Waals surface area contributed by atoms with Gasteiger partial charge in [-0.05, 0) is 30.4 Å². The summed E-state index contributed by atoms with van der Waals surface area (Å²) >= 11 is 0. The van der Waals surface area contributed by atoms with Crippen molar-refractivity contribution in [2.75, 3.05) is 0 Å². The summed E-state index contributed by atoms with van der Waals surface area (Å²) in [7, 11) is 0. The van der Waals surface area contributed by atoms with Crippen LogP contribution >= 0.6 is 0 Å². The molecular weight excluding hydrogens is 441 g/mol. The van der Waals surface area contributed by atoms with Gasteiger partial charge in [0, 0.05) is 0 Å². The van der Waals surface area contributed by atoms with Crippen LogP contribution in [-0.4, -0.2) is 35.0 Å². The lowest BCUT2D eigenvalue weighted by Gasteiger charge is -2.39. The summed E-state index contributed by atoms with van der Waals surface area (Å²) in [6.07, 6.45) is -9.61. The van der Waals surface area contributed by atoms with Crippen LogP contribution in [0.1, 0.15) is 38.3 Å². The molecule has 0 spiro atoms. The monoisotopic (exact) mass is 460 g/mol. The molecule has 0 bridgehead atoms. The Hall–Kier alpha value is -1.59. The van der Waals surface area contributed by atoms with Crippen LogP contribution in [0.4, 0.5) is 48.3 Å². The van der Waals surface area contributed by atoms with E-state index in [2.05, 4.69) is 0 Å². The molecule has 0 amide bonds. The third-order valence-corrected chi connectivity index (χ3v) is 4.40. The second-order valence-corrected chi connectivity index (χ2v) is 7.63. The molecule has 0 saturated heterocycles. The van der Waals surface area contributed by atoms with E-state index in [0.717, 1.165) is 6.07 Å². The first-order valence-corrected chi connectivity index (χ1v) is 8.50. The van der Waals surface area contributed by atoms with Gasteiger partial charge in [0.1, 0.15) is 0 Å². The number of benzene rings is 1. The molecule has 0 radical (unpaired) electrons. The summed E-state index contributed by atoms with van der Waals surface area (Å²) in [5, 5.41) is 10.3. The number of hydrogen-bond donors (Lipinski definition) is 1. The zero-order chi connectivity index (χ0) is 24.0. The fourth-order valence-electron chi connectivity index (χ4n) is 2.91. The lowest BCUT2D eigenvalue weighted by molar-refractivity contribution is -0.424. The van der Waals surface area contributed by atoms with Crippen molar-refractivity contribution in [1.82, 2.24) is 0 Å². The fourth-order valence-corrected chi connectivity index (χ4v) is 2.91. The van der Waals surface area contributed by atoms with E-state index in [0.29, 0.717) is 6.92 Å². The van der Waals surface area contributed by atoms with E-state index < -0.39 is 41.9 Å². The molecule has 1 rings (SSSR count).